The summed E-state index contributed by atoms with van der Waals surface area (Å²) in [6, 6.07) is 9.79. The molecule has 0 atom stereocenters. The SMILES string of the molecule is CCCn1c(SCC(=O)Nc2cc(C(F)(F)F)ccc2OCCOC)nc2ccccc2c1=O. The number of amides is 1. The van der Waals surface area contributed by atoms with Crippen LogP contribution in [0.4, 0.5) is 18.9 Å². The fourth-order valence-electron chi connectivity index (χ4n) is 3.16. The Balaban J connectivity index is 1.81. The number of thioether (sulfide) groups is 1. The lowest BCUT2D eigenvalue weighted by molar-refractivity contribution is -0.137. The lowest BCUT2D eigenvalue weighted by Crippen LogP contribution is -2.24. The molecule has 0 saturated heterocycles. The van der Waals surface area contributed by atoms with Gasteiger partial charge in [-0.3, -0.25) is 14.2 Å². The van der Waals surface area contributed by atoms with E-state index in [0.717, 1.165) is 30.0 Å². The summed E-state index contributed by atoms with van der Waals surface area (Å²) >= 11 is 1.04. The Bertz CT molecular complexity index is 1210. The van der Waals surface area contributed by atoms with Crippen LogP contribution in [0.5, 0.6) is 5.75 Å². The maximum absolute atomic E-state index is 13.2. The summed E-state index contributed by atoms with van der Waals surface area (Å²) in [5, 5.41) is 3.32. The van der Waals surface area contributed by atoms with E-state index in [2.05, 4.69) is 10.3 Å². The van der Waals surface area contributed by atoms with Crippen molar-refractivity contribution in [3.63, 3.8) is 0 Å². The number of alkyl halides is 3. The number of hydrogen-bond acceptors (Lipinski definition) is 6. The number of aromatic nitrogens is 2. The van der Waals surface area contributed by atoms with Crippen LogP contribution in [0.15, 0.2) is 52.4 Å². The molecule has 0 fully saturated rings. The average molecular weight is 496 g/mol. The zero-order valence-corrected chi connectivity index (χ0v) is 19.5. The molecular weight excluding hydrogens is 471 g/mol. The molecule has 0 aliphatic rings. The van der Waals surface area contributed by atoms with Crippen LogP contribution >= 0.6 is 11.8 Å². The summed E-state index contributed by atoms with van der Waals surface area (Å²) in [4.78, 5) is 30.0. The molecule has 182 valence electrons. The van der Waals surface area contributed by atoms with Crippen molar-refractivity contribution in [1.29, 1.82) is 0 Å². The maximum Gasteiger partial charge on any atom is 0.416 e. The molecule has 34 heavy (non-hydrogen) atoms. The van der Waals surface area contributed by atoms with E-state index in [-0.39, 0.29) is 36.0 Å². The van der Waals surface area contributed by atoms with Crippen molar-refractivity contribution >= 4 is 34.3 Å². The van der Waals surface area contributed by atoms with Crippen LogP contribution in [-0.4, -0.2) is 41.5 Å². The van der Waals surface area contributed by atoms with E-state index < -0.39 is 17.6 Å². The van der Waals surface area contributed by atoms with Crippen LogP contribution < -0.4 is 15.6 Å². The largest absolute Gasteiger partial charge is 0.489 e. The van der Waals surface area contributed by atoms with E-state index in [1.165, 1.54) is 11.7 Å². The van der Waals surface area contributed by atoms with E-state index in [1.807, 2.05) is 6.92 Å². The fraction of sp³-hybridized carbons (Fsp3) is 0.348. The molecular formula is C23H24F3N3O4S. The highest BCUT2D eigenvalue weighted by molar-refractivity contribution is 7.99. The molecule has 0 saturated carbocycles. The van der Waals surface area contributed by atoms with Crippen molar-refractivity contribution in [3.05, 3.63) is 58.4 Å². The van der Waals surface area contributed by atoms with Gasteiger partial charge in [0.25, 0.3) is 5.56 Å². The predicted octanol–water partition coefficient (Wildman–Crippen LogP) is 4.58. The molecule has 1 N–H and O–H groups in total. The number of hydrogen-bond donors (Lipinski definition) is 1. The molecule has 0 aliphatic heterocycles. The molecule has 3 rings (SSSR count). The number of halogens is 3. The third kappa shape index (κ3) is 6.29. The molecule has 0 aliphatic carbocycles. The monoisotopic (exact) mass is 495 g/mol. The van der Waals surface area contributed by atoms with Crippen molar-refractivity contribution in [3.8, 4) is 5.75 Å². The molecule has 2 aromatic carbocycles. The first-order chi connectivity index (χ1) is 16.2. The summed E-state index contributed by atoms with van der Waals surface area (Å²) in [6.45, 7) is 2.67. The number of anilines is 1. The molecule has 1 heterocycles. The van der Waals surface area contributed by atoms with E-state index in [0.29, 0.717) is 29.0 Å². The first-order valence-electron chi connectivity index (χ1n) is 10.5. The van der Waals surface area contributed by atoms with Gasteiger partial charge in [-0.15, -0.1) is 0 Å². The van der Waals surface area contributed by atoms with Gasteiger partial charge in [-0.05, 0) is 36.8 Å². The van der Waals surface area contributed by atoms with Gasteiger partial charge in [0.1, 0.15) is 12.4 Å². The number of para-hydroxylation sites is 1. The molecule has 0 radical (unpaired) electrons. The van der Waals surface area contributed by atoms with Crippen molar-refractivity contribution in [1.82, 2.24) is 9.55 Å². The van der Waals surface area contributed by atoms with E-state index in [1.54, 1.807) is 24.3 Å². The molecule has 0 spiro atoms. The van der Waals surface area contributed by atoms with Crippen LogP contribution in [0, 0.1) is 0 Å². The van der Waals surface area contributed by atoms with Crippen LogP contribution in [0.1, 0.15) is 18.9 Å². The number of nitrogens with zero attached hydrogens (tertiary/aromatic N) is 2. The second-order valence-electron chi connectivity index (χ2n) is 7.26. The quantitative estimate of drug-likeness (QED) is 0.252. The highest BCUT2D eigenvalue weighted by Crippen LogP contribution is 2.35. The first-order valence-corrected chi connectivity index (χ1v) is 11.5. The molecule has 1 aromatic heterocycles. The Morgan fingerprint density at radius 1 is 1.18 bits per heavy atom. The third-order valence-corrected chi connectivity index (χ3v) is 5.71. The number of fused-ring (bicyclic) bond motifs is 1. The van der Waals surface area contributed by atoms with Gasteiger partial charge in [0.05, 0.1) is 34.5 Å². The summed E-state index contributed by atoms with van der Waals surface area (Å²) in [7, 11) is 1.47. The van der Waals surface area contributed by atoms with Gasteiger partial charge in [0.15, 0.2) is 5.16 Å². The fourth-order valence-corrected chi connectivity index (χ4v) is 3.99. The predicted molar refractivity (Wildman–Crippen MR) is 124 cm³/mol. The number of methoxy groups -OCH3 is 1. The van der Waals surface area contributed by atoms with Crippen LogP contribution in [0.3, 0.4) is 0 Å². The van der Waals surface area contributed by atoms with E-state index in [4.69, 9.17) is 9.47 Å². The molecule has 1 amide bonds. The molecule has 3 aromatic rings. The minimum absolute atomic E-state index is 0.0927. The van der Waals surface area contributed by atoms with Gasteiger partial charge in [-0.25, -0.2) is 4.98 Å². The first kappa shape index (κ1) is 25.6. The highest BCUT2D eigenvalue weighted by Gasteiger charge is 2.31. The van der Waals surface area contributed by atoms with Gasteiger partial charge in [0, 0.05) is 13.7 Å². The summed E-state index contributed by atoms with van der Waals surface area (Å²) < 4.78 is 51.4. The summed E-state index contributed by atoms with van der Waals surface area (Å²) in [5.41, 5.74) is -0.715. The normalized spacial score (nSPS) is 11.6. The minimum atomic E-state index is -4.58. The number of carbonyl (C=O) groups is 1. The second kappa shape index (κ2) is 11.4. The summed E-state index contributed by atoms with van der Waals surface area (Å²) in [6.07, 6.45) is -3.89. The molecule has 0 unspecified atom stereocenters. The van der Waals surface area contributed by atoms with Crippen LogP contribution in [0.2, 0.25) is 0 Å². The smallest absolute Gasteiger partial charge is 0.416 e. The van der Waals surface area contributed by atoms with Crippen molar-refractivity contribution < 1.29 is 27.4 Å². The molecule has 11 heteroatoms. The van der Waals surface area contributed by atoms with Crippen molar-refractivity contribution in [2.75, 3.05) is 31.4 Å². The number of nitrogens with one attached hydrogen (secondary N) is 1. The van der Waals surface area contributed by atoms with Crippen LogP contribution in [-0.2, 0) is 22.3 Å². The topological polar surface area (TPSA) is 82.5 Å². The van der Waals surface area contributed by atoms with Gasteiger partial charge >= 0.3 is 6.18 Å². The van der Waals surface area contributed by atoms with Gasteiger partial charge < -0.3 is 14.8 Å². The number of ether oxygens (including phenoxy) is 2. The van der Waals surface area contributed by atoms with Crippen molar-refractivity contribution in [2.45, 2.75) is 31.2 Å². The molecule has 0 bridgehead atoms. The number of benzene rings is 2. The Morgan fingerprint density at radius 2 is 1.94 bits per heavy atom. The van der Waals surface area contributed by atoms with Crippen molar-refractivity contribution in [2.24, 2.45) is 0 Å². The van der Waals surface area contributed by atoms with Gasteiger partial charge in [-0.1, -0.05) is 30.8 Å². The van der Waals surface area contributed by atoms with E-state index >= 15 is 0 Å². The Morgan fingerprint density at radius 3 is 2.65 bits per heavy atom. The standard InChI is InChI=1S/C23H24F3N3O4S/c1-3-10-29-21(31)16-6-4-5-7-17(16)28-22(29)34-14-20(30)27-18-13-15(23(24,25)26)8-9-19(18)33-12-11-32-2/h4-9,13H,3,10-12,14H2,1-2H3,(H,27,30). The zero-order valence-electron chi connectivity index (χ0n) is 18.6. The second-order valence-corrected chi connectivity index (χ2v) is 8.20. The number of carbonyl (C=O) groups excluding carboxylic acids is 1. The minimum Gasteiger partial charge on any atom is -0.489 e. The lowest BCUT2D eigenvalue weighted by atomic mass is 10.1. The van der Waals surface area contributed by atoms with Gasteiger partial charge in [0.2, 0.25) is 5.91 Å². The lowest BCUT2D eigenvalue weighted by Gasteiger charge is -2.16. The van der Waals surface area contributed by atoms with E-state index in [9.17, 15) is 22.8 Å². The van der Waals surface area contributed by atoms with Crippen LogP contribution in [0.25, 0.3) is 10.9 Å². The average Bonchev–Trinajstić information content (AvgIpc) is 2.80. The maximum atomic E-state index is 13.2. The Kier molecular flexibility index (Phi) is 8.56. The number of rotatable bonds is 10. The Hall–Kier alpha value is -3.05. The zero-order chi connectivity index (χ0) is 24.7. The highest BCUT2D eigenvalue weighted by atomic mass is 32.2. The third-order valence-electron chi connectivity index (χ3n) is 4.73. The Labute approximate surface area is 198 Å². The van der Waals surface area contributed by atoms with Gasteiger partial charge in [-0.2, -0.15) is 13.2 Å². The molecule has 7 nitrogen and oxygen atoms in total. The summed E-state index contributed by atoms with van der Waals surface area (Å²) in [5.74, 6) is -0.635.